The molecule has 0 saturated carbocycles. The summed E-state index contributed by atoms with van der Waals surface area (Å²) in [5.41, 5.74) is 0.969. The molecule has 110 valence electrons. The Kier molecular flexibility index (Phi) is 6.14. The summed E-state index contributed by atoms with van der Waals surface area (Å²) in [6.07, 6.45) is 2.80. The van der Waals surface area contributed by atoms with Gasteiger partial charge in [-0.2, -0.15) is 0 Å². The molecule has 0 aliphatic rings. The molecule has 0 bridgehead atoms. The number of hydrogen-bond donors (Lipinski definition) is 2. The van der Waals surface area contributed by atoms with Gasteiger partial charge in [-0.1, -0.05) is 23.7 Å². The molecular weight excluding hydrogens is 315 g/mol. The Labute approximate surface area is 132 Å². The van der Waals surface area contributed by atoms with Crippen molar-refractivity contribution in [2.24, 2.45) is 0 Å². The fourth-order valence-corrected chi connectivity index (χ4v) is 1.79. The van der Waals surface area contributed by atoms with Crippen LogP contribution < -0.4 is 5.32 Å². The summed E-state index contributed by atoms with van der Waals surface area (Å²) in [6.45, 7) is 0. The van der Waals surface area contributed by atoms with Crippen LogP contribution in [0.4, 0.5) is 5.69 Å². The maximum atomic E-state index is 11.9. The highest BCUT2D eigenvalue weighted by Crippen LogP contribution is 2.14. The molecule has 0 atom stereocenters. The van der Waals surface area contributed by atoms with Gasteiger partial charge in [-0.3, -0.25) is 9.78 Å². The molecule has 2 rings (SSSR count). The van der Waals surface area contributed by atoms with E-state index in [-0.39, 0.29) is 36.0 Å². The number of amides is 1. The number of halogens is 2. The predicted octanol–water partition coefficient (Wildman–Crippen LogP) is 3.04. The van der Waals surface area contributed by atoms with E-state index in [9.17, 15) is 9.59 Å². The summed E-state index contributed by atoms with van der Waals surface area (Å²) in [6, 6.07) is 8.20. The minimum Gasteiger partial charge on any atom is -0.478 e. The number of benzene rings is 1. The molecule has 0 aliphatic carbocycles. The van der Waals surface area contributed by atoms with Crippen LogP contribution in [0.15, 0.2) is 42.7 Å². The summed E-state index contributed by atoms with van der Waals surface area (Å²) >= 11 is 5.76. The molecule has 0 aliphatic heterocycles. The number of aromatic nitrogens is 1. The van der Waals surface area contributed by atoms with Crippen LogP contribution in [0.1, 0.15) is 15.9 Å². The quantitative estimate of drug-likeness (QED) is 0.905. The van der Waals surface area contributed by atoms with Gasteiger partial charge >= 0.3 is 5.97 Å². The predicted molar refractivity (Wildman–Crippen MR) is 82.2 cm³/mol. The topological polar surface area (TPSA) is 79.3 Å². The number of carbonyl (C=O) groups is 2. The number of nitrogens with zero attached hydrogens (tertiary/aromatic N) is 1. The zero-order valence-electron chi connectivity index (χ0n) is 10.7. The maximum Gasteiger partial charge on any atom is 0.337 e. The fourth-order valence-electron chi connectivity index (χ4n) is 1.66. The average molecular weight is 327 g/mol. The zero-order chi connectivity index (χ0) is 14.5. The normalized spacial score (nSPS) is 9.57. The Morgan fingerprint density at radius 1 is 1.19 bits per heavy atom. The molecular formula is C14H12Cl2N2O3. The Balaban J connectivity index is 0.00000220. The van der Waals surface area contributed by atoms with Crippen molar-refractivity contribution in [3.05, 3.63) is 58.9 Å². The van der Waals surface area contributed by atoms with Crippen LogP contribution >= 0.6 is 24.0 Å². The number of nitrogens with one attached hydrogen (secondary N) is 1. The lowest BCUT2D eigenvalue weighted by atomic mass is 10.1. The van der Waals surface area contributed by atoms with Crippen LogP contribution in [0, 0.1) is 0 Å². The third kappa shape index (κ3) is 4.73. The summed E-state index contributed by atoms with van der Waals surface area (Å²) < 4.78 is 0. The molecule has 1 aromatic heterocycles. The highest BCUT2D eigenvalue weighted by atomic mass is 35.5. The second-order valence-corrected chi connectivity index (χ2v) is 4.51. The first-order valence-corrected chi connectivity index (χ1v) is 6.15. The van der Waals surface area contributed by atoms with Crippen molar-refractivity contribution in [1.82, 2.24) is 4.98 Å². The van der Waals surface area contributed by atoms with Gasteiger partial charge in [-0.15, -0.1) is 12.4 Å². The third-order valence-corrected chi connectivity index (χ3v) is 2.86. The number of aromatic carboxylic acids is 1. The van der Waals surface area contributed by atoms with Crippen LogP contribution in [0.2, 0.25) is 5.02 Å². The van der Waals surface area contributed by atoms with E-state index >= 15 is 0 Å². The van der Waals surface area contributed by atoms with E-state index in [0.717, 1.165) is 5.56 Å². The smallest absolute Gasteiger partial charge is 0.337 e. The van der Waals surface area contributed by atoms with Gasteiger partial charge in [0.1, 0.15) is 0 Å². The number of carboxylic acid groups (broad SMARTS) is 1. The van der Waals surface area contributed by atoms with E-state index in [1.54, 1.807) is 24.3 Å². The Morgan fingerprint density at radius 2 is 1.86 bits per heavy atom. The minimum atomic E-state index is -1.12. The number of pyridine rings is 1. The second kappa shape index (κ2) is 7.61. The molecule has 0 fully saturated rings. The van der Waals surface area contributed by atoms with Crippen LogP contribution in [-0.4, -0.2) is 22.0 Å². The molecule has 5 nitrogen and oxygen atoms in total. The van der Waals surface area contributed by atoms with Crippen molar-refractivity contribution in [1.29, 1.82) is 0 Å². The average Bonchev–Trinajstić information content (AvgIpc) is 2.41. The first-order chi connectivity index (χ1) is 9.56. The molecule has 1 amide bonds. The molecule has 0 spiro atoms. The first-order valence-electron chi connectivity index (χ1n) is 5.78. The van der Waals surface area contributed by atoms with Gasteiger partial charge in [0.15, 0.2) is 0 Å². The maximum absolute atomic E-state index is 11.9. The van der Waals surface area contributed by atoms with E-state index < -0.39 is 5.97 Å². The highest BCUT2D eigenvalue weighted by molar-refractivity contribution is 6.30. The molecule has 0 saturated heterocycles. The summed E-state index contributed by atoms with van der Waals surface area (Å²) in [7, 11) is 0. The van der Waals surface area contributed by atoms with Gasteiger partial charge in [-0.05, 0) is 23.8 Å². The number of rotatable bonds is 4. The molecule has 21 heavy (non-hydrogen) atoms. The van der Waals surface area contributed by atoms with E-state index in [2.05, 4.69) is 10.3 Å². The van der Waals surface area contributed by atoms with E-state index in [0.29, 0.717) is 5.02 Å². The SMILES string of the molecule is Cl.O=C(Cc1ccc(Cl)cc1)Nc1cnccc1C(=O)O. The van der Waals surface area contributed by atoms with Crippen molar-refractivity contribution in [2.45, 2.75) is 6.42 Å². The van der Waals surface area contributed by atoms with Crippen molar-refractivity contribution >= 4 is 41.6 Å². The van der Waals surface area contributed by atoms with Crippen LogP contribution in [-0.2, 0) is 11.2 Å². The van der Waals surface area contributed by atoms with Gasteiger partial charge in [-0.25, -0.2) is 4.79 Å². The van der Waals surface area contributed by atoms with Crippen molar-refractivity contribution < 1.29 is 14.7 Å². The standard InChI is InChI=1S/C14H11ClN2O3.ClH/c15-10-3-1-9(2-4-10)7-13(18)17-12-8-16-6-5-11(12)14(19)20;/h1-6,8H,7H2,(H,17,18)(H,19,20);1H. The monoisotopic (exact) mass is 326 g/mol. The highest BCUT2D eigenvalue weighted by Gasteiger charge is 2.12. The molecule has 7 heteroatoms. The first kappa shape index (κ1) is 16.9. The Hall–Kier alpha value is -2.11. The van der Waals surface area contributed by atoms with Crippen LogP contribution in [0.25, 0.3) is 0 Å². The fraction of sp³-hybridized carbons (Fsp3) is 0.0714. The number of carboxylic acids is 1. The van der Waals surface area contributed by atoms with Gasteiger partial charge in [0.2, 0.25) is 5.91 Å². The number of anilines is 1. The Morgan fingerprint density at radius 3 is 2.48 bits per heavy atom. The number of hydrogen-bond acceptors (Lipinski definition) is 3. The lowest BCUT2D eigenvalue weighted by Crippen LogP contribution is -2.17. The van der Waals surface area contributed by atoms with E-state index in [1.165, 1.54) is 18.5 Å². The summed E-state index contributed by atoms with van der Waals surface area (Å²) in [4.78, 5) is 26.7. The molecule has 1 heterocycles. The number of carbonyl (C=O) groups excluding carboxylic acids is 1. The van der Waals surface area contributed by atoms with Crippen molar-refractivity contribution in [3.63, 3.8) is 0 Å². The van der Waals surface area contributed by atoms with Gasteiger partial charge in [0.25, 0.3) is 0 Å². The minimum absolute atomic E-state index is 0. The van der Waals surface area contributed by atoms with Crippen molar-refractivity contribution in [2.75, 3.05) is 5.32 Å². The van der Waals surface area contributed by atoms with E-state index in [1.807, 2.05) is 0 Å². The largest absolute Gasteiger partial charge is 0.478 e. The van der Waals surface area contributed by atoms with Gasteiger partial charge in [0.05, 0.1) is 23.9 Å². The summed E-state index contributed by atoms with van der Waals surface area (Å²) in [5, 5.41) is 12.1. The lowest BCUT2D eigenvalue weighted by Gasteiger charge is -2.07. The van der Waals surface area contributed by atoms with Gasteiger partial charge < -0.3 is 10.4 Å². The van der Waals surface area contributed by atoms with Crippen LogP contribution in [0.3, 0.4) is 0 Å². The lowest BCUT2D eigenvalue weighted by molar-refractivity contribution is -0.115. The zero-order valence-corrected chi connectivity index (χ0v) is 12.3. The molecule has 0 unspecified atom stereocenters. The molecule has 2 aromatic rings. The van der Waals surface area contributed by atoms with E-state index in [4.69, 9.17) is 16.7 Å². The molecule has 2 N–H and O–H groups in total. The third-order valence-electron chi connectivity index (χ3n) is 2.60. The molecule has 1 aromatic carbocycles. The van der Waals surface area contributed by atoms with Crippen molar-refractivity contribution in [3.8, 4) is 0 Å². The van der Waals surface area contributed by atoms with Crippen LogP contribution in [0.5, 0.6) is 0 Å². The Bertz CT molecular complexity index is 645. The summed E-state index contributed by atoms with van der Waals surface area (Å²) in [5.74, 6) is -1.43. The second-order valence-electron chi connectivity index (χ2n) is 4.08. The molecule has 0 radical (unpaired) electrons. The van der Waals surface area contributed by atoms with Gasteiger partial charge in [0, 0.05) is 11.2 Å².